The Labute approximate surface area is 126 Å². The van der Waals surface area contributed by atoms with E-state index in [2.05, 4.69) is 43.1 Å². The highest BCUT2D eigenvalue weighted by molar-refractivity contribution is 6.30. The van der Waals surface area contributed by atoms with Crippen molar-refractivity contribution in [1.82, 2.24) is 9.97 Å². The Morgan fingerprint density at radius 2 is 1.60 bits per heavy atom. The molecule has 0 bridgehead atoms. The van der Waals surface area contributed by atoms with Crippen molar-refractivity contribution < 1.29 is 0 Å². The molecule has 0 N–H and O–H groups in total. The molecule has 20 heavy (non-hydrogen) atoms. The average molecular weight is 289 g/mol. The van der Waals surface area contributed by atoms with Gasteiger partial charge in [-0.2, -0.15) is 0 Å². The Kier molecular flexibility index (Phi) is 4.44. The highest BCUT2D eigenvalue weighted by atomic mass is 35.5. The van der Waals surface area contributed by atoms with E-state index in [4.69, 9.17) is 16.6 Å². The van der Waals surface area contributed by atoms with E-state index in [1.54, 1.807) is 0 Å². The van der Waals surface area contributed by atoms with Crippen LogP contribution in [0.5, 0.6) is 0 Å². The average Bonchev–Trinajstić information content (AvgIpc) is 2.47. The Balaban J connectivity index is 2.65. The summed E-state index contributed by atoms with van der Waals surface area (Å²) in [5.74, 6) is 0.835. The summed E-state index contributed by atoms with van der Waals surface area (Å²) in [6.07, 6.45) is 1.90. The smallest absolute Gasteiger partial charge is 0.140 e. The highest BCUT2D eigenvalue weighted by Gasteiger charge is 2.34. The predicted octanol–water partition coefficient (Wildman–Crippen LogP) is 4.85. The van der Waals surface area contributed by atoms with Crippen LogP contribution in [-0.2, 0) is 5.41 Å². The number of halogens is 1. The molecule has 1 aromatic heterocycles. The number of rotatable bonds is 4. The largest absolute Gasteiger partial charge is 0.237 e. The van der Waals surface area contributed by atoms with E-state index >= 15 is 0 Å². The fourth-order valence-corrected chi connectivity index (χ4v) is 2.89. The second-order valence-electron chi connectivity index (χ2n) is 5.20. The van der Waals surface area contributed by atoms with E-state index in [9.17, 15) is 0 Å². The predicted molar refractivity (Wildman–Crippen MR) is 84.3 cm³/mol. The number of benzene rings is 1. The van der Waals surface area contributed by atoms with Gasteiger partial charge in [0.15, 0.2) is 0 Å². The van der Waals surface area contributed by atoms with Gasteiger partial charge in [-0.25, -0.2) is 9.97 Å². The lowest BCUT2D eigenvalue weighted by Gasteiger charge is -2.31. The third kappa shape index (κ3) is 2.45. The Morgan fingerprint density at radius 1 is 1.00 bits per heavy atom. The molecule has 0 unspecified atom stereocenters. The molecule has 2 nitrogen and oxygen atoms in total. The minimum Gasteiger partial charge on any atom is -0.237 e. The van der Waals surface area contributed by atoms with Crippen LogP contribution in [-0.4, -0.2) is 9.97 Å². The van der Waals surface area contributed by atoms with Crippen molar-refractivity contribution in [3.63, 3.8) is 0 Å². The van der Waals surface area contributed by atoms with Gasteiger partial charge in [0.2, 0.25) is 0 Å². The van der Waals surface area contributed by atoms with Crippen LogP contribution < -0.4 is 0 Å². The topological polar surface area (TPSA) is 25.8 Å². The van der Waals surface area contributed by atoms with E-state index in [1.165, 1.54) is 5.56 Å². The van der Waals surface area contributed by atoms with Crippen molar-refractivity contribution in [2.45, 2.75) is 46.0 Å². The van der Waals surface area contributed by atoms with Crippen LogP contribution in [0, 0.1) is 13.8 Å². The molecule has 2 rings (SSSR count). The van der Waals surface area contributed by atoms with Gasteiger partial charge in [0.05, 0.1) is 5.41 Å². The van der Waals surface area contributed by atoms with E-state index in [0.717, 1.165) is 29.9 Å². The molecule has 3 heteroatoms. The van der Waals surface area contributed by atoms with Gasteiger partial charge >= 0.3 is 0 Å². The van der Waals surface area contributed by atoms with E-state index < -0.39 is 0 Å². The van der Waals surface area contributed by atoms with Gasteiger partial charge in [0.25, 0.3) is 0 Å². The fraction of sp³-hybridized carbons (Fsp3) is 0.412. The zero-order chi connectivity index (χ0) is 14.8. The lowest BCUT2D eigenvalue weighted by atomic mass is 9.75. The standard InChI is InChI=1S/C17H21ClN2/c1-5-17(6-2,14-10-8-7-9-11-14)16-19-13(4)12(3)15(18)20-16/h7-11H,5-6H2,1-4H3. The van der Waals surface area contributed by atoms with Crippen LogP contribution in [0.15, 0.2) is 30.3 Å². The quantitative estimate of drug-likeness (QED) is 0.751. The van der Waals surface area contributed by atoms with Crippen molar-refractivity contribution in [3.05, 3.63) is 58.1 Å². The molecule has 0 aliphatic heterocycles. The lowest BCUT2D eigenvalue weighted by molar-refractivity contribution is 0.447. The molecule has 1 aromatic carbocycles. The van der Waals surface area contributed by atoms with Gasteiger partial charge in [-0.3, -0.25) is 0 Å². The zero-order valence-corrected chi connectivity index (χ0v) is 13.3. The molecule has 0 aliphatic carbocycles. The van der Waals surface area contributed by atoms with Crippen LogP contribution >= 0.6 is 11.6 Å². The molecule has 0 saturated carbocycles. The van der Waals surface area contributed by atoms with E-state index in [1.807, 2.05) is 19.9 Å². The molecule has 0 spiro atoms. The Bertz CT molecular complexity index is 566. The molecule has 106 valence electrons. The lowest BCUT2D eigenvalue weighted by Crippen LogP contribution is -2.29. The summed E-state index contributed by atoms with van der Waals surface area (Å²) in [7, 11) is 0. The number of nitrogens with zero attached hydrogens (tertiary/aromatic N) is 2. The Hall–Kier alpha value is -1.41. The summed E-state index contributed by atoms with van der Waals surface area (Å²) in [5.41, 5.74) is 3.01. The van der Waals surface area contributed by atoms with Crippen molar-refractivity contribution in [1.29, 1.82) is 0 Å². The van der Waals surface area contributed by atoms with Gasteiger partial charge in [-0.05, 0) is 32.3 Å². The molecule has 2 aromatic rings. The third-order valence-electron chi connectivity index (χ3n) is 4.29. The Morgan fingerprint density at radius 3 is 2.10 bits per heavy atom. The third-order valence-corrected chi connectivity index (χ3v) is 4.66. The molecule has 0 atom stereocenters. The molecular weight excluding hydrogens is 268 g/mol. The molecule has 0 aliphatic rings. The van der Waals surface area contributed by atoms with Crippen molar-refractivity contribution in [2.24, 2.45) is 0 Å². The fourth-order valence-electron chi connectivity index (χ4n) is 2.67. The molecule has 1 heterocycles. The van der Waals surface area contributed by atoms with Crippen molar-refractivity contribution in [2.75, 3.05) is 0 Å². The maximum atomic E-state index is 6.28. The van der Waals surface area contributed by atoms with E-state index in [0.29, 0.717) is 5.15 Å². The second-order valence-corrected chi connectivity index (χ2v) is 5.56. The normalized spacial score (nSPS) is 11.7. The first-order chi connectivity index (χ1) is 9.55. The molecule has 0 radical (unpaired) electrons. The summed E-state index contributed by atoms with van der Waals surface area (Å²) in [5, 5.41) is 0.565. The number of aromatic nitrogens is 2. The SMILES string of the molecule is CCC(CC)(c1ccccc1)c1nc(C)c(C)c(Cl)n1. The monoisotopic (exact) mass is 288 g/mol. The summed E-state index contributed by atoms with van der Waals surface area (Å²) < 4.78 is 0. The molecule has 0 saturated heterocycles. The van der Waals surface area contributed by atoms with Gasteiger partial charge in [0, 0.05) is 11.3 Å². The highest BCUT2D eigenvalue weighted by Crippen LogP contribution is 2.37. The maximum absolute atomic E-state index is 6.28. The van der Waals surface area contributed by atoms with Gasteiger partial charge < -0.3 is 0 Å². The van der Waals surface area contributed by atoms with Crippen LogP contribution in [0.2, 0.25) is 5.15 Å². The van der Waals surface area contributed by atoms with Crippen LogP contribution in [0.1, 0.15) is 49.3 Å². The first-order valence-electron chi connectivity index (χ1n) is 7.12. The first-order valence-corrected chi connectivity index (χ1v) is 7.49. The van der Waals surface area contributed by atoms with Gasteiger partial charge in [0.1, 0.15) is 11.0 Å². The van der Waals surface area contributed by atoms with Crippen LogP contribution in [0.4, 0.5) is 0 Å². The molecule has 0 fully saturated rings. The minimum absolute atomic E-state index is 0.163. The van der Waals surface area contributed by atoms with Crippen LogP contribution in [0.25, 0.3) is 0 Å². The first kappa shape index (κ1) is 15.0. The van der Waals surface area contributed by atoms with Crippen LogP contribution in [0.3, 0.4) is 0 Å². The molecule has 0 amide bonds. The summed E-state index contributed by atoms with van der Waals surface area (Å²) in [6, 6.07) is 10.5. The minimum atomic E-state index is -0.163. The second kappa shape index (κ2) is 5.92. The summed E-state index contributed by atoms with van der Waals surface area (Å²) >= 11 is 6.28. The number of hydrogen-bond donors (Lipinski definition) is 0. The number of aryl methyl sites for hydroxylation is 1. The van der Waals surface area contributed by atoms with Crippen molar-refractivity contribution in [3.8, 4) is 0 Å². The summed E-state index contributed by atoms with van der Waals surface area (Å²) in [6.45, 7) is 8.32. The maximum Gasteiger partial charge on any atom is 0.140 e. The zero-order valence-electron chi connectivity index (χ0n) is 12.6. The van der Waals surface area contributed by atoms with Gasteiger partial charge in [-0.15, -0.1) is 0 Å². The molecular formula is C17H21ClN2. The van der Waals surface area contributed by atoms with Gasteiger partial charge in [-0.1, -0.05) is 55.8 Å². The number of hydrogen-bond acceptors (Lipinski definition) is 2. The van der Waals surface area contributed by atoms with E-state index in [-0.39, 0.29) is 5.41 Å². The van der Waals surface area contributed by atoms with Crippen molar-refractivity contribution >= 4 is 11.6 Å². The summed E-state index contributed by atoms with van der Waals surface area (Å²) in [4.78, 5) is 9.31.